The van der Waals surface area contributed by atoms with Crippen LogP contribution in [-0.4, -0.2) is 18.2 Å². The van der Waals surface area contributed by atoms with E-state index in [0.29, 0.717) is 11.3 Å². The van der Waals surface area contributed by atoms with Crippen LogP contribution < -0.4 is 4.74 Å². The van der Waals surface area contributed by atoms with E-state index >= 15 is 0 Å². The molecule has 92 valence electrons. The highest BCUT2D eigenvalue weighted by atomic mass is 19.1. The number of methoxy groups -OCH3 is 1. The fourth-order valence-electron chi connectivity index (χ4n) is 1.69. The summed E-state index contributed by atoms with van der Waals surface area (Å²) in [6.07, 6.45) is 1.04. The molecule has 0 spiro atoms. The van der Waals surface area contributed by atoms with E-state index in [9.17, 15) is 9.18 Å². The summed E-state index contributed by atoms with van der Waals surface area (Å²) in [7, 11) is 1.56. The van der Waals surface area contributed by atoms with Gasteiger partial charge < -0.3 is 9.84 Å². The standard InChI is InChI=1S/C13H15FO3/c1-7-5-12(17-4)9(3)8(2)10(7)6-11(14)13(15)16/h5-6H,1-4H3,(H,15,16). The molecule has 1 aromatic rings. The Morgan fingerprint density at radius 3 is 2.41 bits per heavy atom. The van der Waals surface area contributed by atoms with Crippen LogP contribution in [0.2, 0.25) is 0 Å². The number of hydrogen-bond acceptors (Lipinski definition) is 2. The number of carbonyl (C=O) groups is 1. The molecule has 0 fully saturated rings. The largest absolute Gasteiger partial charge is 0.496 e. The Morgan fingerprint density at radius 2 is 1.94 bits per heavy atom. The molecule has 3 nitrogen and oxygen atoms in total. The van der Waals surface area contributed by atoms with Crippen molar-refractivity contribution in [1.29, 1.82) is 0 Å². The Morgan fingerprint density at radius 1 is 1.35 bits per heavy atom. The topological polar surface area (TPSA) is 46.5 Å². The van der Waals surface area contributed by atoms with Gasteiger partial charge in [-0.15, -0.1) is 0 Å². The number of halogens is 1. The number of aliphatic carboxylic acids is 1. The third kappa shape index (κ3) is 2.64. The SMILES string of the molecule is COc1cc(C)c(C=C(F)C(=O)O)c(C)c1C. The summed E-state index contributed by atoms with van der Waals surface area (Å²) in [6, 6.07) is 1.77. The molecule has 0 atom stereocenters. The summed E-state index contributed by atoms with van der Waals surface area (Å²) in [6.45, 7) is 5.45. The molecular formula is C13H15FO3. The zero-order chi connectivity index (χ0) is 13.2. The quantitative estimate of drug-likeness (QED) is 0.823. The number of carboxylic acids is 1. The van der Waals surface area contributed by atoms with Crippen molar-refractivity contribution in [3.05, 3.63) is 34.1 Å². The van der Waals surface area contributed by atoms with Crippen molar-refractivity contribution in [2.75, 3.05) is 7.11 Å². The van der Waals surface area contributed by atoms with Gasteiger partial charge in [0, 0.05) is 0 Å². The molecule has 0 aromatic heterocycles. The number of rotatable bonds is 3. The minimum atomic E-state index is -1.56. The normalized spacial score (nSPS) is 11.5. The van der Waals surface area contributed by atoms with Crippen LogP contribution in [-0.2, 0) is 4.79 Å². The van der Waals surface area contributed by atoms with Gasteiger partial charge in [-0.05, 0) is 55.2 Å². The Kier molecular flexibility index (Phi) is 3.89. The molecular weight excluding hydrogens is 223 g/mol. The van der Waals surface area contributed by atoms with Crippen LogP contribution in [0.25, 0.3) is 6.08 Å². The number of carboxylic acid groups (broad SMARTS) is 1. The summed E-state index contributed by atoms with van der Waals surface area (Å²) >= 11 is 0. The first-order chi connectivity index (χ1) is 7.88. The smallest absolute Gasteiger partial charge is 0.364 e. The van der Waals surface area contributed by atoms with Crippen molar-refractivity contribution >= 4 is 12.0 Å². The lowest BCUT2D eigenvalue weighted by molar-refractivity contribution is -0.134. The maximum Gasteiger partial charge on any atom is 0.364 e. The lowest BCUT2D eigenvalue weighted by Gasteiger charge is -2.13. The van der Waals surface area contributed by atoms with Crippen molar-refractivity contribution in [1.82, 2.24) is 0 Å². The highest BCUT2D eigenvalue weighted by Crippen LogP contribution is 2.29. The predicted octanol–water partition coefficient (Wildman–Crippen LogP) is 3.02. The predicted molar refractivity (Wildman–Crippen MR) is 63.9 cm³/mol. The Labute approximate surface area is 99.5 Å². The van der Waals surface area contributed by atoms with Gasteiger partial charge in [-0.1, -0.05) is 0 Å². The van der Waals surface area contributed by atoms with E-state index in [4.69, 9.17) is 9.84 Å². The monoisotopic (exact) mass is 238 g/mol. The van der Waals surface area contributed by atoms with Gasteiger partial charge in [-0.2, -0.15) is 4.39 Å². The second-order valence-corrected chi connectivity index (χ2v) is 3.86. The number of aryl methyl sites for hydroxylation is 1. The average molecular weight is 238 g/mol. The summed E-state index contributed by atoms with van der Waals surface area (Å²) in [4.78, 5) is 10.5. The summed E-state index contributed by atoms with van der Waals surface area (Å²) in [5.41, 5.74) is 3.06. The third-order valence-electron chi connectivity index (χ3n) is 2.80. The highest BCUT2D eigenvalue weighted by molar-refractivity contribution is 5.90. The van der Waals surface area contributed by atoms with Crippen molar-refractivity contribution < 1.29 is 19.0 Å². The molecule has 1 rings (SSSR count). The minimum absolute atomic E-state index is 0.586. The van der Waals surface area contributed by atoms with Crippen molar-refractivity contribution in [3.8, 4) is 5.75 Å². The van der Waals surface area contributed by atoms with Gasteiger partial charge in [0.05, 0.1) is 7.11 Å². The van der Waals surface area contributed by atoms with Gasteiger partial charge in [0.15, 0.2) is 0 Å². The molecule has 0 unspecified atom stereocenters. The first kappa shape index (κ1) is 13.2. The van der Waals surface area contributed by atoms with E-state index in [1.165, 1.54) is 0 Å². The molecule has 0 amide bonds. The summed E-state index contributed by atoms with van der Waals surface area (Å²) in [5, 5.41) is 8.53. The van der Waals surface area contributed by atoms with Gasteiger partial charge >= 0.3 is 5.97 Å². The number of ether oxygens (including phenoxy) is 1. The molecule has 4 heteroatoms. The second kappa shape index (κ2) is 4.99. The lowest BCUT2D eigenvalue weighted by atomic mass is 9.97. The Bertz CT molecular complexity index is 490. The molecule has 1 aromatic carbocycles. The van der Waals surface area contributed by atoms with Crippen LogP contribution in [0, 0.1) is 20.8 Å². The highest BCUT2D eigenvalue weighted by Gasteiger charge is 2.12. The summed E-state index contributed by atoms with van der Waals surface area (Å²) in [5.74, 6) is -2.01. The molecule has 0 aliphatic carbocycles. The fraction of sp³-hybridized carbons (Fsp3) is 0.308. The van der Waals surface area contributed by atoms with Gasteiger partial charge in [0.1, 0.15) is 5.75 Å². The Hall–Kier alpha value is -1.84. The van der Waals surface area contributed by atoms with E-state index in [0.717, 1.165) is 22.8 Å². The van der Waals surface area contributed by atoms with Crippen molar-refractivity contribution in [2.24, 2.45) is 0 Å². The molecule has 0 aliphatic rings. The van der Waals surface area contributed by atoms with Gasteiger partial charge in [-0.3, -0.25) is 0 Å². The maximum atomic E-state index is 13.1. The zero-order valence-corrected chi connectivity index (χ0v) is 10.3. The van der Waals surface area contributed by atoms with E-state index in [1.54, 1.807) is 20.1 Å². The molecule has 0 radical (unpaired) electrons. The third-order valence-corrected chi connectivity index (χ3v) is 2.80. The van der Waals surface area contributed by atoms with Crippen LogP contribution in [0.15, 0.2) is 11.9 Å². The maximum absolute atomic E-state index is 13.1. The van der Waals surface area contributed by atoms with E-state index in [1.807, 2.05) is 13.8 Å². The van der Waals surface area contributed by atoms with Crippen LogP contribution in [0.1, 0.15) is 22.3 Å². The van der Waals surface area contributed by atoms with Crippen LogP contribution in [0.5, 0.6) is 5.75 Å². The molecule has 0 saturated heterocycles. The lowest BCUT2D eigenvalue weighted by Crippen LogP contribution is -1.99. The molecule has 17 heavy (non-hydrogen) atoms. The molecule has 0 bridgehead atoms. The first-order valence-corrected chi connectivity index (χ1v) is 5.13. The van der Waals surface area contributed by atoms with E-state index < -0.39 is 11.8 Å². The molecule has 0 aliphatic heterocycles. The first-order valence-electron chi connectivity index (χ1n) is 5.13. The zero-order valence-electron chi connectivity index (χ0n) is 10.3. The van der Waals surface area contributed by atoms with Gasteiger partial charge in [-0.25, -0.2) is 4.79 Å². The van der Waals surface area contributed by atoms with E-state index in [-0.39, 0.29) is 0 Å². The average Bonchev–Trinajstić information content (AvgIpc) is 2.28. The second-order valence-electron chi connectivity index (χ2n) is 3.86. The minimum Gasteiger partial charge on any atom is -0.496 e. The van der Waals surface area contributed by atoms with Crippen molar-refractivity contribution in [3.63, 3.8) is 0 Å². The van der Waals surface area contributed by atoms with E-state index in [2.05, 4.69) is 0 Å². The molecule has 1 N–H and O–H groups in total. The fourth-order valence-corrected chi connectivity index (χ4v) is 1.69. The molecule has 0 saturated carbocycles. The van der Waals surface area contributed by atoms with Gasteiger partial charge in [0.25, 0.3) is 0 Å². The number of hydrogen-bond donors (Lipinski definition) is 1. The molecule has 0 heterocycles. The summed E-state index contributed by atoms with van der Waals surface area (Å²) < 4.78 is 18.3. The van der Waals surface area contributed by atoms with Gasteiger partial charge in [0.2, 0.25) is 5.83 Å². The van der Waals surface area contributed by atoms with Crippen molar-refractivity contribution in [2.45, 2.75) is 20.8 Å². The Balaban J connectivity index is 3.41. The van der Waals surface area contributed by atoms with Crippen LogP contribution in [0.4, 0.5) is 4.39 Å². The number of benzene rings is 1. The van der Waals surface area contributed by atoms with Crippen LogP contribution in [0.3, 0.4) is 0 Å². The van der Waals surface area contributed by atoms with Crippen LogP contribution >= 0.6 is 0 Å².